The highest BCUT2D eigenvalue weighted by Crippen LogP contribution is 2.08. The molecule has 72 valence electrons. The summed E-state index contributed by atoms with van der Waals surface area (Å²) in [4.78, 5) is 7.49. The molecule has 0 aliphatic rings. The Hall–Kier alpha value is -1.12. The molecule has 14 heavy (non-hydrogen) atoms. The molecule has 2 nitrogen and oxygen atoms in total. The molecule has 2 aromatic rings. The van der Waals surface area contributed by atoms with Crippen molar-refractivity contribution >= 4 is 23.2 Å². The highest BCUT2D eigenvalue weighted by molar-refractivity contribution is 6.32. The van der Waals surface area contributed by atoms with Crippen LogP contribution < -0.4 is 0 Å². The topological polar surface area (TPSA) is 25.8 Å². The number of halogens is 2. The molecule has 0 unspecified atom stereocenters. The summed E-state index contributed by atoms with van der Waals surface area (Å²) in [5, 5.41) is 0.856. The number of rotatable bonds is 0. The van der Waals surface area contributed by atoms with Gasteiger partial charge in [-0.1, -0.05) is 35.3 Å². The van der Waals surface area contributed by atoms with Gasteiger partial charge in [-0.25, -0.2) is 4.98 Å². The van der Waals surface area contributed by atoms with Crippen LogP contribution >= 0.6 is 23.2 Å². The predicted molar refractivity (Wildman–Crippen MR) is 58.5 cm³/mol. The fourth-order valence-corrected chi connectivity index (χ4v) is 1.07. The number of aromatic nitrogens is 2. The second-order valence-corrected chi connectivity index (χ2v) is 3.08. The van der Waals surface area contributed by atoms with Crippen LogP contribution in [0, 0.1) is 0 Å². The lowest BCUT2D eigenvalue weighted by atomic mass is 10.5. The minimum atomic E-state index is 0.428. The molecule has 0 radical (unpaired) electrons. The molecule has 0 saturated heterocycles. The van der Waals surface area contributed by atoms with Crippen LogP contribution in [0.25, 0.3) is 0 Å². The van der Waals surface area contributed by atoms with Crippen LogP contribution in [0.4, 0.5) is 0 Å². The Morgan fingerprint density at radius 3 is 1.57 bits per heavy atom. The van der Waals surface area contributed by atoms with Crippen molar-refractivity contribution in [3.8, 4) is 0 Å². The van der Waals surface area contributed by atoms with E-state index in [1.54, 1.807) is 30.6 Å². The normalized spacial score (nSPS) is 8.71. The molecule has 0 aliphatic heterocycles. The van der Waals surface area contributed by atoms with Crippen LogP contribution in [-0.2, 0) is 0 Å². The van der Waals surface area contributed by atoms with E-state index in [-0.39, 0.29) is 0 Å². The fourth-order valence-electron chi connectivity index (χ4n) is 0.696. The standard InChI is InChI=1S/C5H3Cl2N.C5H5N/c6-4-2-1-3-5(7)8-4;1-2-4-6-5-3-1/h1-3H;1-5H. The molecule has 0 N–H and O–H groups in total. The van der Waals surface area contributed by atoms with Gasteiger partial charge in [-0.2, -0.15) is 0 Å². The molecule has 2 heterocycles. The average molecular weight is 227 g/mol. The van der Waals surface area contributed by atoms with E-state index in [2.05, 4.69) is 9.97 Å². The summed E-state index contributed by atoms with van der Waals surface area (Å²) in [6.07, 6.45) is 3.50. The Morgan fingerprint density at radius 1 is 0.786 bits per heavy atom. The first-order chi connectivity index (χ1) is 6.79. The van der Waals surface area contributed by atoms with Gasteiger partial charge in [-0.15, -0.1) is 0 Å². The van der Waals surface area contributed by atoms with Crippen molar-refractivity contribution in [2.45, 2.75) is 0 Å². The number of hydrogen-bond acceptors (Lipinski definition) is 2. The van der Waals surface area contributed by atoms with Gasteiger partial charge < -0.3 is 0 Å². The van der Waals surface area contributed by atoms with Gasteiger partial charge in [-0.3, -0.25) is 4.98 Å². The lowest BCUT2D eigenvalue weighted by Crippen LogP contribution is -1.71. The third kappa shape index (κ3) is 4.80. The van der Waals surface area contributed by atoms with E-state index in [4.69, 9.17) is 23.2 Å². The van der Waals surface area contributed by atoms with Crippen LogP contribution in [0.1, 0.15) is 0 Å². The zero-order valence-corrected chi connectivity index (χ0v) is 8.78. The minimum absolute atomic E-state index is 0.428. The van der Waals surface area contributed by atoms with Crippen molar-refractivity contribution in [3.63, 3.8) is 0 Å². The number of hydrogen-bond donors (Lipinski definition) is 0. The monoisotopic (exact) mass is 226 g/mol. The van der Waals surface area contributed by atoms with Gasteiger partial charge >= 0.3 is 0 Å². The summed E-state index contributed by atoms with van der Waals surface area (Å²) in [5.74, 6) is 0. The first kappa shape index (κ1) is 11.0. The first-order valence-electron chi connectivity index (χ1n) is 3.92. The van der Waals surface area contributed by atoms with E-state index in [1.165, 1.54) is 0 Å². The summed E-state index contributed by atoms with van der Waals surface area (Å²) < 4.78 is 0. The first-order valence-corrected chi connectivity index (χ1v) is 4.67. The summed E-state index contributed by atoms with van der Waals surface area (Å²) in [6, 6.07) is 10.8. The van der Waals surface area contributed by atoms with Crippen molar-refractivity contribution in [3.05, 3.63) is 59.1 Å². The second-order valence-electron chi connectivity index (χ2n) is 2.31. The maximum absolute atomic E-state index is 5.45. The molecule has 2 rings (SSSR count). The molecule has 0 aromatic carbocycles. The van der Waals surface area contributed by atoms with E-state index in [1.807, 2.05) is 18.2 Å². The van der Waals surface area contributed by atoms with Gasteiger partial charge in [0.1, 0.15) is 10.3 Å². The zero-order valence-electron chi connectivity index (χ0n) is 7.27. The van der Waals surface area contributed by atoms with E-state index >= 15 is 0 Å². The fraction of sp³-hybridized carbons (Fsp3) is 0. The Labute approximate surface area is 92.5 Å². The molecule has 4 heteroatoms. The van der Waals surface area contributed by atoms with Gasteiger partial charge in [0, 0.05) is 12.4 Å². The zero-order chi connectivity index (χ0) is 10.2. The Morgan fingerprint density at radius 2 is 1.36 bits per heavy atom. The molecular formula is C10H8Cl2N2. The maximum atomic E-state index is 5.45. The molecule has 0 saturated carbocycles. The molecule has 0 aliphatic carbocycles. The Kier molecular flexibility index (Phi) is 4.97. The van der Waals surface area contributed by atoms with E-state index in [0.717, 1.165) is 0 Å². The van der Waals surface area contributed by atoms with Crippen LogP contribution in [0.5, 0.6) is 0 Å². The third-order valence-corrected chi connectivity index (χ3v) is 1.67. The largest absolute Gasteiger partial charge is 0.265 e. The molecule has 0 spiro atoms. The predicted octanol–water partition coefficient (Wildman–Crippen LogP) is 3.47. The quantitative estimate of drug-likeness (QED) is 0.644. The minimum Gasteiger partial charge on any atom is -0.265 e. The number of nitrogens with zero attached hydrogens (tertiary/aromatic N) is 2. The molecule has 0 bridgehead atoms. The van der Waals surface area contributed by atoms with Gasteiger partial charge in [-0.05, 0) is 24.3 Å². The van der Waals surface area contributed by atoms with Crippen molar-refractivity contribution in [1.82, 2.24) is 9.97 Å². The summed E-state index contributed by atoms with van der Waals surface area (Å²) in [5.41, 5.74) is 0. The van der Waals surface area contributed by atoms with E-state index in [9.17, 15) is 0 Å². The van der Waals surface area contributed by atoms with Crippen molar-refractivity contribution < 1.29 is 0 Å². The lowest BCUT2D eigenvalue weighted by Gasteiger charge is -1.85. The molecule has 0 amide bonds. The third-order valence-electron chi connectivity index (χ3n) is 1.25. The van der Waals surface area contributed by atoms with Crippen LogP contribution in [-0.4, -0.2) is 9.97 Å². The van der Waals surface area contributed by atoms with Crippen LogP contribution in [0.3, 0.4) is 0 Å². The van der Waals surface area contributed by atoms with Crippen molar-refractivity contribution in [1.29, 1.82) is 0 Å². The molecule has 2 aromatic heterocycles. The molecule has 0 fully saturated rings. The van der Waals surface area contributed by atoms with Crippen molar-refractivity contribution in [2.24, 2.45) is 0 Å². The summed E-state index contributed by atoms with van der Waals surface area (Å²) >= 11 is 10.9. The van der Waals surface area contributed by atoms with Crippen LogP contribution in [0.2, 0.25) is 10.3 Å². The van der Waals surface area contributed by atoms with E-state index in [0.29, 0.717) is 10.3 Å². The van der Waals surface area contributed by atoms with Crippen LogP contribution in [0.15, 0.2) is 48.8 Å². The highest BCUT2D eigenvalue weighted by atomic mass is 35.5. The van der Waals surface area contributed by atoms with Gasteiger partial charge in [0.15, 0.2) is 0 Å². The van der Waals surface area contributed by atoms with Crippen molar-refractivity contribution in [2.75, 3.05) is 0 Å². The van der Waals surface area contributed by atoms with Gasteiger partial charge in [0.2, 0.25) is 0 Å². The maximum Gasteiger partial charge on any atom is 0.130 e. The summed E-state index contributed by atoms with van der Waals surface area (Å²) in [7, 11) is 0. The SMILES string of the molecule is Clc1cccc(Cl)n1.c1ccncc1. The molecular weight excluding hydrogens is 219 g/mol. The van der Waals surface area contributed by atoms with Gasteiger partial charge in [0.25, 0.3) is 0 Å². The number of pyridine rings is 2. The lowest BCUT2D eigenvalue weighted by molar-refractivity contribution is 1.33. The molecule has 0 atom stereocenters. The van der Waals surface area contributed by atoms with Gasteiger partial charge in [0.05, 0.1) is 0 Å². The highest BCUT2D eigenvalue weighted by Gasteiger charge is 1.86. The van der Waals surface area contributed by atoms with E-state index < -0.39 is 0 Å². The second kappa shape index (κ2) is 6.35. The average Bonchev–Trinajstić information content (AvgIpc) is 2.21. The summed E-state index contributed by atoms with van der Waals surface area (Å²) in [6.45, 7) is 0. The smallest absolute Gasteiger partial charge is 0.130 e. The Balaban J connectivity index is 0.000000146. The Bertz CT molecular complexity index is 322.